The van der Waals surface area contributed by atoms with Gasteiger partial charge in [0.1, 0.15) is 11.4 Å². The number of phenols is 1. The molecule has 0 amide bonds. The van der Waals surface area contributed by atoms with Crippen molar-refractivity contribution in [3.8, 4) is 17.2 Å². The van der Waals surface area contributed by atoms with Crippen LogP contribution in [0.5, 0.6) is 17.2 Å². The number of benzene rings is 1. The molecule has 2 rings (SSSR count). The van der Waals surface area contributed by atoms with Crippen LogP contribution in [-0.2, 0) is 0 Å². The second-order valence-electron chi connectivity index (χ2n) is 6.70. The molecule has 0 saturated heterocycles. The molecule has 0 radical (unpaired) electrons. The van der Waals surface area contributed by atoms with Gasteiger partial charge in [-0.2, -0.15) is 0 Å². The zero-order chi connectivity index (χ0) is 16.2. The summed E-state index contributed by atoms with van der Waals surface area (Å²) in [4.78, 5) is 0. The fourth-order valence-electron chi connectivity index (χ4n) is 3.04. The van der Waals surface area contributed by atoms with E-state index < -0.39 is 0 Å². The summed E-state index contributed by atoms with van der Waals surface area (Å²) in [5, 5.41) is 13.7. The average Bonchev–Trinajstić information content (AvgIpc) is 2.46. The van der Waals surface area contributed by atoms with Gasteiger partial charge in [-0.3, -0.25) is 0 Å². The van der Waals surface area contributed by atoms with Gasteiger partial charge in [0.2, 0.25) is 0 Å². The number of unbranched alkanes of at least 4 members (excludes halogenated alkanes) is 3. The lowest BCUT2D eigenvalue weighted by Crippen LogP contribution is -2.39. The van der Waals surface area contributed by atoms with E-state index in [2.05, 4.69) is 26.1 Å². The number of rotatable bonds is 7. The molecule has 1 unspecified atom stereocenters. The van der Waals surface area contributed by atoms with Crippen LogP contribution in [0.15, 0.2) is 12.1 Å². The van der Waals surface area contributed by atoms with Crippen molar-refractivity contribution in [3.63, 3.8) is 0 Å². The van der Waals surface area contributed by atoms with Crippen molar-refractivity contribution in [2.75, 3.05) is 13.7 Å². The van der Waals surface area contributed by atoms with Gasteiger partial charge in [0.05, 0.1) is 7.11 Å². The molecule has 4 heteroatoms. The summed E-state index contributed by atoms with van der Waals surface area (Å²) in [5.74, 6) is 1.43. The molecule has 1 atom stereocenters. The lowest BCUT2D eigenvalue weighted by Gasteiger charge is -2.38. The molecule has 0 saturated carbocycles. The predicted octanol–water partition coefficient (Wildman–Crippen LogP) is 4.17. The van der Waals surface area contributed by atoms with Crippen LogP contribution in [0.25, 0.3) is 0 Å². The maximum absolute atomic E-state index is 10.0. The highest BCUT2D eigenvalue weighted by Gasteiger charge is 2.34. The molecule has 1 heterocycles. The SMILES string of the molecule is CCCCCCNC1CC(C)(C)Oc2cc(OC)c(O)cc21. The zero-order valence-electron chi connectivity index (χ0n) is 14.2. The normalized spacial score (nSPS) is 19.4. The number of hydrogen-bond acceptors (Lipinski definition) is 4. The highest BCUT2D eigenvalue weighted by molar-refractivity contribution is 5.52. The van der Waals surface area contributed by atoms with Gasteiger partial charge in [-0.15, -0.1) is 0 Å². The minimum absolute atomic E-state index is 0.169. The minimum atomic E-state index is -0.226. The largest absolute Gasteiger partial charge is 0.504 e. The van der Waals surface area contributed by atoms with Gasteiger partial charge >= 0.3 is 0 Å². The molecular weight excluding hydrogens is 278 g/mol. The summed E-state index contributed by atoms with van der Waals surface area (Å²) in [6.45, 7) is 7.41. The molecule has 4 nitrogen and oxygen atoms in total. The molecule has 0 aromatic heterocycles. The Labute approximate surface area is 133 Å². The number of hydrogen-bond donors (Lipinski definition) is 2. The summed E-state index contributed by atoms with van der Waals surface area (Å²) >= 11 is 0. The third kappa shape index (κ3) is 4.07. The van der Waals surface area contributed by atoms with Gasteiger partial charge in [0, 0.05) is 24.1 Å². The number of nitrogens with one attached hydrogen (secondary N) is 1. The van der Waals surface area contributed by atoms with Gasteiger partial charge in [0.15, 0.2) is 11.5 Å². The van der Waals surface area contributed by atoms with E-state index in [1.807, 2.05) is 0 Å². The molecule has 1 aliphatic heterocycles. The summed E-state index contributed by atoms with van der Waals surface area (Å²) in [6.07, 6.45) is 5.87. The lowest BCUT2D eigenvalue weighted by molar-refractivity contribution is 0.0654. The summed E-state index contributed by atoms with van der Waals surface area (Å²) in [5.41, 5.74) is 0.795. The molecule has 0 bridgehead atoms. The van der Waals surface area contributed by atoms with Crippen molar-refractivity contribution >= 4 is 0 Å². The van der Waals surface area contributed by atoms with Crippen LogP contribution in [0.4, 0.5) is 0 Å². The minimum Gasteiger partial charge on any atom is -0.504 e. The van der Waals surface area contributed by atoms with Crippen molar-refractivity contribution in [2.45, 2.75) is 64.5 Å². The summed E-state index contributed by atoms with van der Waals surface area (Å²) < 4.78 is 11.3. The van der Waals surface area contributed by atoms with Crippen LogP contribution in [0.2, 0.25) is 0 Å². The van der Waals surface area contributed by atoms with E-state index in [4.69, 9.17) is 9.47 Å². The van der Waals surface area contributed by atoms with Crippen molar-refractivity contribution in [1.82, 2.24) is 5.32 Å². The quantitative estimate of drug-likeness (QED) is 0.742. The third-order valence-corrected chi connectivity index (χ3v) is 4.19. The van der Waals surface area contributed by atoms with Gasteiger partial charge in [-0.1, -0.05) is 26.2 Å². The fourth-order valence-corrected chi connectivity index (χ4v) is 3.04. The molecule has 1 aliphatic rings. The Hall–Kier alpha value is -1.42. The Balaban J connectivity index is 2.12. The maximum atomic E-state index is 10.0. The molecule has 1 aromatic rings. The van der Waals surface area contributed by atoms with Crippen LogP contribution in [0, 0.1) is 0 Å². The van der Waals surface area contributed by atoms with Gasteiger partial charge in [0.25, 0.3) is 0 Å². The van der Waals surface area contributed by atoms with E-state index in [1.54, 1.807) is 19.2 Å². The van der Waals surface area contributed by atoms with Crippen LogP contribution in [0.3, 0.4) is 0 Å². The fraction of sp³-hybridized carbons (Fsp3) is 0.667. The van der Waals surface area contributed by atoms with Crippen molar-refractivity contribution in [2.24, 2.45) is 0 Å². The second kappa shape index (κ2) is 7.23. The topological polar surface area (TPSA) is 50.7 Å². The van der Waals surface area contributed by atoms with E-state index in [9.17, 15) is 5.11 Å². The molecule has 124 valence electrons. The highest BCUT2D eigenvalue weighted by atomic mass is 16.5. The molecule has 1 aromatic carbocycles. The smallest absolute Gasteiger partial charge is 0.164 e. The van der Waals surface area contributed by atoms with Crippen LogP contribution < -0.4 is 14.8 Å². The van der Waals surface area contributed by atoms with Crippen LogP contribution in [0.1, 0.15) is 64.5 Å². The summed E-state index contributed by atoms with van der Waals surface area (Å²) in [6, 6.07) is 3.77. The number of aromatic hydroxyl groups is 1. The number of phenolic OH excluding ortho intramolecular Hbond substituents is 1. The lowest BCUT2D eigenvalue weighted by atomic mass is 9.89. The predicted molar refractivity (Wildman–Crippen MR) is 88.9 cm³/mol. The van der Waals surface area contributed by atoms with Gasteiger partial charge < -0.3 is 19.9 Å². The molecule has 0 spiro atoms. The van der Waals surface area contributed by atoms with Crippen molar-refractivity contribution < 1.29 is 14.6 Å². The van der Waals surface area contributed by atoms with E-state index in [1.165, 1.54) is 25.7 Å². The first kappa shape index (κ1) is 16.9. The number of methoxy groups -OCH3 is 1. The van der Waals surface area contributed by atoms with Crippen molar-refractivity contribution in [1.29, 1.82) is 0 Å². The monoisotopic (exact) mass is 307 g/mol. The Kier molecular flexibility index (Phi) is 5.57. The third-order valence-electron chi connectivity index (χ3n) is 4.19. The summed E-state index contributed by atoms with van der Waals surface area (Å²) in [7, 11) is 1.55. The van der Waals surface area contributed by atoms with E-state index in [-0.39, 0.29) is 17.4 Å². The standard InChI is InChI=1S/C18H29NO3/c1-5-6-7-8-9-19-14-12-18(2,3)22-16-11-17(21-4)15(20)10-13(14)16/h10-11,14,19-20H,5-9,12H2,1-4H3. The first-order chi connectivity index (χ1) is 10.5. The van der Waals surface area contributed by atoms with E-state index in [0.717, 1.165) is 24.3 Å². The van der Waals surface area contributed by atoms with Crippen molar-refractivity contribution in [3.05, 3.63) is 17.7 Å². The Bertz CT molecular complexity index is 499. The zero-order valence-corrected chi connectivity index (χ0v) is 14.2. The molecule has 2 N–H and O–H groups in total. The highest BCUT2D eigenvalue weighted by Crippen LogP contribution is 2.44. The molecular formula is C18H29NO3. The number of fused-ring (bicyclic) bond motifs is 1. The molecule has 0 aliphatic carbocycles. The Morgan fingerprint density at radius 3 is 2.77 bits per heavy atom. The molecule has 0 fully saturated rings. The molecule has 22 heavy (non-hydrogen) atoms. The first-order valence-electron chi connectivity index (χ1n) is 8.30. The Morgan fingerprint density at radius 2 is 2.09 bits per heavy atom. The maximum Gasteiger partial charge on any atom is 0.164 e. The number of ether oxygens (including phenoxy) is 2. The average molecular weight is 307 g/mol. The van der Waals surface area contributed by atoms with Gasteiger partial charge in [-0.25, -0.2) is 0 Å². The first-order valence-corrected chi connectivity index (χ1v) is 8.30. The second-order valence-corrected chi connectivity index (χ2v) is 6.70. The van der Waals surface area contributed by atoms with Gasteiger partial charge in [-0.05, 0) is 32.9 Å². The van der Waals surface area contributed by atoms with E-state index >= 15 is 0 Å². The Morgan fingerprint density at radius 1 is 1.32 bits per heavy atom. The van der Waals surface area contributed by atoms with E-state index in [0.29, 0.717) is 5.75 Å². The van der Waals surface area contributed by atoms with Crippen LogP contribution in [-0.4, -0.2) is 24.4 Å². The van der Waals surface area contributed by atoms with Crippen LogP contribution >= 0.6 is 0 Å².